The van der Waals surface area contributed by atoms with Gasteiger partial charge >= 0.3 is 0 Å². The van der Waals surface area contributed by atoms with E-state index in [2.05, 4.69) is 22.3 Å². The first-order valence-electron chi connectivity index (χ1n) is 11.0. The van der Waals surface area contributed by atoms with Crippen molar-refractivity contribution in [2.75, 3.05) is 13.1 Å². The number of rotatable bonds is 8. The lowest BCUT2D eigenvalue weighted by Gasteiger charge is -2.24. The van der Waals surface area contributed by atoms with Crippen molar-refractivity contribution in [2.24, 2.45) is 5.73 Å². The maximum atomic E-state index is 12.8. The molecule has 0 saturated carbocycles. The van der Waals surface area contributed by atoms with E-state index in [0.717, 1.165) is 55.5 Å². The third-order valence-corrected chi connectivity index (χ3v) is 6.11. The minimum atomic E-state index is -0.821. The molecule has 0 spiro atoms. The lowest BCUT2D eigenvalue weighted by molar-refractivity contribution is -0.133. The van der Waals surface area contributed by atoms with Gasteiger partial charge in [-0.05, 0) is 93.4 Å². The number of benzene rings is 2. The number of likely N-dealkylation sites (tertiary alicyclic amines) is 1. The van der Waals surface area contributed by atoms with Crippen molar-refractivity contribution >= 4 is 11.8 Å². The lowest BCUT2D eigenvalue weighted by atomic mass is 9.96. The third kappa shape index (κ3) is 6.15. The number of nitrogens with zero attached hydrogens (tertiary/aromatic N) is 1. The minimum Gasteiger partial charge on any atom is -0.508 e. The first kappa shape index (κ1) is 23.0. The zero-order valence-electron chi connectivity index (χ0n) is 18.4. The van der Waals surface area contributed by atoms with Crippen molar-refractivity contribution < 1.29 is 14.7 Å². The Kier molecular flexibility index (Phi) is 7.82. The van der Waals surface area contributed by atoms with Crippen LogP contribution in [0.4, 0.5) is 0 Å². The van der Waals surface area contributed by atoms with Crippen LogP contribution in [0.25, 0.3) is 0 Å². The second-order valence-electron chi connectivity index (χ2n) is 8.51. The zero-order chi connectivity index (χ0) is 22.4. The maximum absolute atomic E-state index is 12.8. The van der Waals surface area contributed by atoms with E-state index in [1.165, 1.54) is 5.56 Å². The molecule has 0 aliphatic carbocycles. The second-order valence-corrected chi connectivity index (χ2v) is 8.51. The number of phenols is 1. The van der Waals surface area contributed by atoms with Crippen LogP contribution < -0.4 is 11.1 Å². The standard InChI is InChI=1S/C25H33N3O3/c1-17-14-20(29)15-18(2)21(17)16-22(26)24(30)27-25(31)23-11-7-13-28(23)12-6-10-19-8-4-3-5-9-19/h3-5,8-9,14-15,22-23,29H,6-7,10-13,16,26H2,1-2H3,(H,27,30,31)/t22-,23-/m0/s1. The molecule has 4 N–H and O–H groups in total. The SMILES string of the molecule is Cc1cc(O)cc(C)c1C[C@H](N)C(=O)NC(=O)[C@@H]1CCCN1CCCc1ccccc1. The van der Waals surface area contributed by atoms with Crippen LogP contribution in [0.2, 0.25) is 0 Å². The summed E-state index contributed by atoms with van der Waals surface area (Å²) in [6.45, 7) is 5.46. The molecule has 0 bridgehead atoms. The number of aromatic hydroxyl groups is 1. The second kappa shape index (κ2) is 10.6. The topological polar surface area (TPSA) is 95.7 Å². The highest BCUT2D eigenvalue weighted by Crippen LogP contribution is 2.22. The largest absolute Gasteiger partial charge is 0.508 e. The number of hydrogen-bond acceptors (Lipinski definition) is 5. The monoisotopic (exact) mass is 423 g/mol. The normalized spacial score (nSPS) is 17.5. The summed E-state index contributed by atoms with van der Waals surface area (Å²) in [6.07, 6.45) is 3.98. The number of amides is 2. The van der Waals surface area contributed by atoms with Crippen molar-refractivity contribution in [3.05, 3.63) is 64.7 Å². The van der Waals surface area contributed by atoms with Gasteiger partial charge in [0.25, 0.3) is 0 Å². The molecule has 0 radical (unpaired) electrons. The summed E-state index contributed by atoms with van der Waals surface area (Å²) in [5.74, 6) is -0.509. The van der Waals surface area contributed by atoms with Crippen molar-refractivity contribution in [2.45, 2.75) is 58.0 Å². The molecular formula is C25H33N3O3. The van der Waals surface area contributed by atoms with Gasteiger partial charge in [-0.1, -0.05) is 30.3 Å². The molecular weight excluding hydrogens is 390 g/mol. The molecule has 166 valence electrons. The fourth-order valence-electron chi connectivity index (χ4n) is 4.42. The average Bonchev–Trinajstić information content (AvgIpc) is 3.20. The van der Waals surface area contributed by atoms with Crippen LogP contribution in [0.3, 0.4) is 0 Å². The van der Waals surface area contributed by atoms with Crippen molar-refractivity contribution in [1.82, 2.24) is 10.2 Å². The van der Waals surface area contributed by atoms with E-state index in [9.17, 15) is 14.7 Å². The summed E-state index contributed by atoms with van der Waals surface area (Å²) >= 11 is 0. The summed E-state index contributed by atoms with van der Waals surface area (Å²) in [6, 6.07) is 12.5. The highest BCUT2D eigenvalue weighted by Gasteiger charge is 2.32. The van der Waals surface area contributed by atoms with Crippen molar-refractivity contribution in [3.63, 3.8) is 0 Å². The van der Waals surface area contributed by atoms with Gasteiger partial charge in [0.15, 0.2) is 0 Å². The van der Waals surface area contributed by atoms with E-state index < -0.39 is 11.9 Å². The van der Waals surface area contributed by atoms with Gasteiger partial charge in [-0.25, -0.2) is 0 Å². The Morgan fingerprint density at radius 3 is 2.55 bits per heavy atom. The van der Waals surface area contributed by atoms with Gasteiger partial charge < -0.3 is 10.8 Å². The molecule has 6 heteroatoms. The van der Waals surface area contributed by atoms with E-state index in [-0.39, 0.29) is 17.7 Å². The predicted molar refractivity (Wildman–Crippen MR) is 122 cm³/mol. The molecule has 0 aromatic heterocycles. The molecule has 2 atom stereocenters. The van der Waals surface area contributed by atoms with Crippen molar-refractivity contribution in [3.8, 4) is 5.75 Å². The van der Waals surface area contributed by atoms with Crippen LogP contribution in [0.15, 0.2) is 42.5 Å². The van der Waals surface area contributed by atoms with Crippen molar-refractivity contribution in [1.29, 1.82) is 0 Å². The van der Waals surface area contributed by atoms with Gasteiger partial charge in [-0.2, -0.15) is 0 Å². The number of nitrogens with two attached hydrogens (primary N) is 1. The molecule has 1 aliphatic heterocycles. The molecule has 3 rings (SSSR count). The number of carbonyl (C=O) groups is 2. The Morgan fingerprint density at radius 1 is 1.19 bits per heavy atom. The highest BCUT2D eigenvalue weighted by atomic mass is 16.3. The molecule has 1 aliphatic rings. The molecule has 1 fully saturated rings. The third-order valence-electron chi connectivity index (χ3n) is 6.11. The molecule has 2 aromatic carbocycles. The van der Waals surface area contributed by atoms with Crippen LogP contribution >= 0.6 is 0 Å². The first-order valence-corrected chi connectivity index (χ1v) is 11.0. The van der Waals surface area contributed by atoms with Gasteiger partial charge in [0, 0.05) is 0 Å². The number of imide groups is 1. The van der Waals surface area contributed by atoms with Crippen LogP contribution in [0.5, 0.6) is 5.75 Å². The van der Waals surface area contributed by atoms with Gasteiger partial charge in [0.2, 0.25) is 11.8 Å². The van der Waals surface area contributed by atoms with Crippen LogP contribution in [0, 0.1) is 13.8 Å². The number of nitrogens with one attached hydrogen (secondary N) is 1. The van der Waals surface area contributed by atoms with Gasteiger partial charge in [0.05, 0.1) is 12.1 Å². The Balaban J connectivity index is 1.51. The number of phenolic OH excluding ortho intramolecular Hbond substituents is 1. The Hall–Kier alpha value is -2.70. The molecule has 1 heterocycles. The zero-order valence-corrected chi connectivity index (χ0v) is 18.4. The summed E-state index contributed by atoms with van der Waals surface area (Å²) < 4.78 is 0. The molecule has 6 nitrogen and oxygen atoms in total. The molecule has 1 saturated heterocycles. The lowest BCUT2D eigenvalue weighted by Crippen LogP contribution is -2.51. The summed E-state index contributed by atoms with van der Waals surface area (Å²) in [5.41, 5.74) is 10.1. The van der Waals surface area contributed by atoms with E-state index in [0.29, 0.717) is 6.42 Å². The van der Waals surface area contributed by atoms with E-state index in [1.807, 2.05) is 32.0 Å². The number of aryl methyl sites for hydroxylation is 3. The summed E-state index contributed by atoms with van der Waals surface area (Å²) in [4.78, 5) is 27.5. The fourth-order valence-corrected chi connectivity index (χ4v) is 4.42. The van der Waals surface area contributed by atoms with Gasteiger partial charge in [-0.15, -0.1) is 0 Å². The summed E-state index contributed by atoms with van der Waals surface area (Å²) in [7, 11) is 0. The fraction of sp³-hybridized carbons (Fsp3) is 0.440. The maximum Gasteiger partial charge on any atom is 0.243 e. The van der Waals surface area contributed by atoms with Gasteiger partial charge in [-0.3, -0.25) is 19.8 Å². The van der Waals surface area contributed by atoms with Crippen LogP contribution in [-0.2, 0) is 22.4 Å². The first-order chi connectivity index (χ1) is 14.8. The molecule has 2 aromatic rings. The quantitative estimate of drug-likeness (QED) is 0.607. The van der Waals surface area contributed by atoms with Crippen LogP contribution in [-0.4, -0.2) is 47.0 Å². The van der Waals surface area contributed by atoms with E-state index >= 15 is 0 Å². The van der Waals surface area contributed by atoms with E-state index in [4.69, 9.17) is 5.73 Å². The summed E-state index contributed by atoms with van der Waals surface area (Å²) in [5, 5.41) is 12.2. The van der Waals surface area contributed by atoms with E-state index in [1.54, 1.807) is 12.1 Å². The predicted octanol–water partition coefficient (Wildman–Crippen LogP) is 2.62. The Morgan fingerprint density at radius 2 is 1.87 bits per heavy atom. The molecule has 2 amide bonds. The Labute approximate surface area is 184 Å². The number of carbonyl (C=O) groups excluding carboxylic acids is 2. The average molecular weight is 424 g/mol. The highest BCUT2D eigenvalue weighted by molar-refractivity contribution is 6.00. The minimum absolute atomic E-state index is 0.195. The van der Waals surface area contributed by atoms with Crippen LogP contribution in [0.1, 0.15) is 41.5 Å². The van der Waals surface area contributed by atoms with Gasteiger partial charge in [0.1, 0.15) is 5.75 Å². The molecule has 31 heavy (non-hydrogen) atoms. The molecule has 0 unspecified atom stereocenters. The Bertz CT molecular complexity index is 890. The smallest absolute Gasteiger partial charge is 0.243 e. The number of hydrogen-bond donors (Lipinski definition) is 3.